The van der Waals surface area contributed by atoms with Gasteiger partial charge in [0.1, 0.15) is 0 Å². The third-order valence-electron chi connectivity index (χ3n) is 4.06. The van der Waals surface area contributed by atoms with Gasteiger partial charge in [0.05, 0.1) is 0 Å². The van der Waals surface area contributed by atoms with Crippen LogP contribution in [0.4, 0.5) is 0 Å². The van der Waals surface area contributed by atoms with Crippen LogP contribution in [0.5, 0.6) is 0 Å². The Morgan fingerprint density at radius 2 is 2.14 bits per heavy atom. The maximum absolute atomic E-state index is 12.6. The van der Waals surface area contributed by atoms with Crippen molar-refractivity contribution in [2.24, 2.45) is 5.92 Å². The van der Waals surface area contributed by atoms with Crippen LogP contribution < -0.4 is 0 Å². The van der Waals surface area contributed by atoms with Crippen LogP contribution in [0.15, 0.2) is 23.4 Å². The van der Waals surface area contributed by atoms with Crippen LogP contribution in [0, 0.1) is 5.92 Å². The van der Waals surface area contributed by atoms with Crippen LogP contribution in [-0.2, 0) is 15.9 Å². The summed E-state index contributed by atoms with van der Waals surface area (Å²) in [6, 6.07) is 3.28. The lowest BCUT2D eigenvalue weighted by Gasteiger charge is -2.19. The Labute approximate surface area is 132 Å². The summed E-state index contributed by atoms with van der Waals surface area (Å²) < 4.78 is 26.9. The molecule has 1 aliphatic heterocycles. The van der Waals surface area contributed by atoms with Crippen LogP contribution in [0.3, 0.4) is 0 Å². The fourth-order valence-corrected chi connectivity index (χ4v) is 4.41. The van der Waals surface area contributed by atoms with E-state index >= 15 is 0 Å². The van der Waals surface area contributed by atoms with Crippen LogP contribution in [-0.4, -0.2) is 30.8 Å². The average Bonchev–Trinajstić information content (AvgIpc) is 2.74. The number of hydrogen-bond acceptors (Lipinski definition) is 3. The minimum absolute atomic E-state index is 0.130. The van der Waals surface area contributed by atoms with E-state index in [2.05, 4.69) is 11.9 Å². The zero-order chi connectivity index (χ0) is 15.3. The van der Waals surface area contributed by atoms with E-state index in [4.69, 9.17) is 11.6 Å². The summed E-state index contributed by atoms with van der Waals surface area (Å²) >= 11 is 5.71. The Morgan fingerprint density at radius 3 is 2.76 bits per heavy atom. The molecule has 1 saturated heterocycles. The fourth-order valence-electron chi connectivity index (χ4n) is 2.85. The first-order chi connectivity index (χ1) is 10.1. The molecular formula is C15H23ClN2O2S. The van der Waals surface area contributed by atoms with E-state index in [1.54, 1.807) is 16.4 Å². The lowest BCUT2D eigenvalue weighted by Crippen LogP contribution is -2.32. The number of nitrogens with zero attached hydrogens (tertiary/aromatic N) is 2. The molecule has 118 valence electrons. The highest BCUT2D eigenvalue weighted by atomic mass is 35.5. The molecule has 21 heavy (non-hydrogen) atoms. The van der Waals surface area contributed by atoms with Crippen molar-refractivity contribution in [3.63, 3.8) is 0 Å². The molecule has 0 saturated carbocycles. The summed E-state index contributed by atoms with van der Waals surface area (Å²) in [6.45, 7) is 3.38. The number of rotatable bonds is 5. The van der Waals surface area contributed by atoms with Crippen molar-refractivity contribution >= 4 is 21.6 Å². The molecule has 0 aromatic carbocycles. The second-order valence-corrected chi connectivity index (χ2v) is 7.78. The molecule has 4 nitrogen and oxygen atoms in total. The van der Waals surface area contributed by atoms with Crippen LogP contribution >= 0.6 is 11.6 Å². The molecule has 6 heteroatoms. The third-order valence-corrected chi connectivity index (χ3v) is 6.18. The van der Waals surface area contributed by atoms with Crippen molar-refractivity contribution in [2.45, 2.75) is 49.9 Å². The predicted octanol–water partition coefficient (Wildman–Crippen LogP) is 3.41. The maximum atomic E-state index is 12.6. The van der Waals surface area contributed by atoms with E-state index in [-0.39, 0.29) is 5.03 Å². The number of hydrogen-bond donors (Lipinski definition) is 0. The van der Waals surface area contributed by atoms with E-state index in [1.807, 2.05) is 0 Å². The van der Waals surface area contributed by atoms with Gasteiger partial charge in [-0.15, -0.1) is 11.6 Å². The van der Waals surface area contributed by atoms with Crippen molar-refractivity contribution < 1.29 is 8.42 Å². The molecule has 0 amide bonds. The van der Waals surface area contributed by atoms with Gasteiger partial charge in [-0.25, -0.2) is 13.4 Å². The van der Waals surface area contributed by atoms with Gasteiger partial charge in [0, 0.05) is 25.2 Å². The van der Waals surface area contributed by atoms with Gasteiger partial charge in [0.25, 0.3) is 10.0 Å². The van der Waals surface area contributed by atoms with Gasteiger partial charge < -0.3 is 0 Å². The van der Waals surface area contributed by atoms with Gasteiger partial charge >= 0.3 is 0 Å². The summed E-state index contributed by atoms with van der Waals surface area (Å²) in [5, 5.41) is 0.130. The van der Waals surface area contributed by atoms with Crippen molar-refractivity contribution in [1.29, 1.82) is 0 Å². The lowest BCUT2D eigenvalue weighted by molar-refractivity contribution is 0.399. The van der Waals surface area contributed by atoms with Gasteiger partial charge in [-0.1, -0.05) is 25.8 Å². The zero-order valence-electron chi connectivity index (χ0n) is 12.5. The van der Waals surface area contributed by atoms with Crippen LogP contribution in [0.1, 0.15) is 44.6 Å². The number of sulfonamides is 1. The Kier molecular flexibility index (Phi) is 6.02. The van der Waals surface area contributed by atoms with Gasteiger partial charge in [-0.05, 0) is 36.8 Å². The highest BCUT2D eigenvalue weighted by Crippen LogP contribution is 2.25. The topological polar surface area (TPSA) is 50.3 Å². The van der Waals surface area contributed by atoms with Gasteiger partial charge in [0.15, 0.2) is 5.03 Å². The summed E-state index contributed by atoms with van der Waals surface area (Å²) in [5.74, 6) is 0.997. The predicted molar refractivity (Wildman–Crippen MR) is 84.8 cm³/mol. The molecule has 1 aliphatic rings. The second kappa shape index (κ2) is 7.56. The highest BCUT2D eigenvalue weighted by Gasteiger charge is 2.28. The van der Waals surface area contributed by atoms with E-state index in [0.717, 1.165) is 24.8 Å². The molecule has 1 fully saturated rings. The quantitative estimate of drug-likeness (QED) is 0.777. The smallest absolute Gasteiger partial charge is 0.243 e. The average molecular weight is 331 g/mol. The molecule has 0 N–H and O–H groups in total. The molecule has 0 radical (unpaired) electrons. The van der Waals surface area contributed by atoms with E-state index in [9.17, 15) is 8.42 Å². The summed E-state index contributed by atoms with van der Waals surface area (Å²) in [4.78, 5) is 4.07. The van der Waals surface area contributed by atoms with Gasteiger partial charge in [-0.2, -0.15) is 4.31 Å². The molecule has 1 aromatic rings. The normalized spacial score (nSPS) is 21.1. The highest BCUT2D eigenvalue weighted by molar-refractivity contribution is 7.89. The largest absolute Gasteiger partial charge is 0.260 e. The standard InChI is InChI=1S/C15H23ClN2O2S/c1-2-4-13-5-3-9-18(10-8-13)21(19,20)15-7-6-14(11-16)12-17-15/h6-7,12-13H,2-5,8-11H2,1H3. The van der Waals surface area contributed by atoms with E-state index in [1.165, 1.54) is 19.0 Å². The van der Waals surface area contributed by atoms with Crippen molar-refractivity contribution in [3.8, 4) is 0 Å². The molecule has 0 spiro atoms. The molecule has 1 aromatic heterocycles. The van der Waals surface area contributed by atoms with Gasteiger partial charge in [0.2, 0.25) is 0 Å². The fraction of sp³-hybridized carbons (Fsp3) is 0.667. The summed E-state index contributed by atoms with van der Waals surface area (Å²) in [7, 11) is -3.47. The molecule has 1 unspecified atom stereocenters. The molecule has 2 heterocycles. The number of aromatic nitrogens is 1. The number of pyridine rings is 1. The minimum Gasteiger partial charge on any atom is -0.243 e. The molecular weight excluding hydrogens is 308 g/mol. The van der Waals surface area contributed by atoms with E-state index in [0.29, 0.717) is 24.9 Å². The number of halogens is 1. The zero-order valence-corrected chi connectivity index (χ0v) is 14.0. The maximum Gasteiger partial charge on any atom is 0.260 e. The van der Waals surface area contributed by atoms with Gasteiger partial charge in [-0.3, -0.25) is 0 Å². The molecule has 2 rings (SSSR count). The first-order valence-corrected chi connectivity index (χ1v) is 9.56. The number of alkyl halides is 1. The first kappa shape index (κ1) is 16.7. The third kappa shape index (κ3) is 4.18. The Hall–Kier alpha value is -0.650. The van der Waals surface area contributed by atoms with Crippen molar-refractivity contribution in [3.05, 3.63) is 23.9 Å². The Morgan fingerprint density at radius 1 is 1.33 bits per heavy atom. The van der Waals surface area contributed by atoms with E-state index < -0.39 is 10.0 Å². The molecule has 0 aliphatic carbocycles. The molecule has 0 bridgehead atoms. The Balaban J connectivity index is 2.11. The van der Waals surface area contributed by atoms with Crippen molar-refractivity contribution in [2.75, 3.05) is 13.1 Å². The molecule has 1 atom stereocenters. The Bertz CT molecular complexity index is 545. The summed E-state index contributed by atoms with van der Waals surface area (Å²) in [6.07, 6.45) is 6.90. The lowest BCUT2D eigenvalue weighted by atomic mass is 9.96. The monoisotopic (exact) mass is 330 g/mol. The van der Waals surface area contributed by atoms with Crippen LogP contribution in [0.25, 0.3) is 0 Å². The minimum atomic E-state index is -3.47. The summed E-state index contributed by atoms with van der Waals surface area (Å²) in [5.41, 5.74) is 0.828. The van der Waals surface area contributed by atoms with Crippen molar-refractivity contribution in [1.82, 2.24) is 9.29 Å². The second-order valence-electron chi connectivity index (χ2n) is 5.63. The SMILES string of the molecule is CCCC1CCCN(S(=O)(=O)c2ccc(CCl)cn2)CC1. The first-order valence-electron chi connectivity index (χ1n) is 7.59. The van der Waals surface area contributed by atoms with Crippen LogP contribution in [0.2, 0.25) is 0 Å².